The predicted molar refractivity (Wildman–Crippen MR) is 86.5 cm³/mol. The van der Waals surface area contributed by atoms with E-state index in [1.54, 1.807) is 6.08 Å². The Morgan fingerprint density at radius 3 is 2.71 bits per heavy atom. The fourth-order valence-corrected chi connectivity index (χ4v) is 2.25. The van der Waals surface area contributed by atoms with Crippen LogP contribution in [0.3, 0.4) is 0 Å². The minimum Gasteiger partial charge on any atom is -0.492 e. The van der Waals surface area contributed by atoms with Crippen molar-refractivity contribution in [3.05, 3.63) is 47.6 Å². The molecule has 1 aliphatic rings. The van der Waals surface area contributed by atoms with Gasteiger partial charge < -0.3 is 10.1 Å². The lowest BCUT2D eigenvalue weighted by Gasteiger charge is -2.08. The molecule has 0 saturated carbocycles. The Labute approximate surface area is 126 Å². The maximum atomic E-state index is 11.3. The summed E-state index contributed by atoms with van der Waals surface area (Å²) in [5, 5.41) is 3.22. The third kappa shape index (κ3) is 5.56. The van der Waals surface area contributed by atoms with Crippen LogP contribution in [-0.4, -0.2) is 25.5 Å². The predicted octanol–water partition coefficient (Wildman–Crippen LogP) is 3.37. The second kappa shape index (κ2) is 8.42. The van der Waals surface area contributed by atoms with Crippen molar-refractivity contribution in [2.24, 2.45) is 0 Å². The molecule has 112 valence electrons. The molecule has 0 aromatic heterocycles. The summed E-state index contributed by atoms with van der Waals surface area (Å²) in [4.78, 5) is 11.3. The molecular weight excluding hydrogens is 262 g/mol. The molecule has 3 heteroatoms. The number of hydrogen-bond acceptors (Lipinski definition) is 3. The van der Waals surface area contributed by atoms with Crippen molar-refractivity contribution in [2.75, 3.05) is 19.7 Å². The summed E-state index contributed by atoms with van der Waals surface area (Å²) in [5.41, 5.74) is 2.24. The lowest BCUT2D eigenvalue weighted by Crippen LogP contribution is -2.20. The summed E-state index contributed by atoms with van der Waals surface area (Å²) in [7, 11) is 0. The summed E-state index contributed by atoms with van der Waals surface area (Å²) >= 11 is 0. The number of ketones is 1. The van der Waals surface area contributed by atoms with E-state index in [0.717, 1.165) is 42.8 Å². The number of nitrogens with one attached hydrogen (secondary N) is 1. The Bertz CT molecular complexity index is 515. The largest absolute Gasteiger partial charge is 0.492 e. The second-order valence-electron chi connectivity index (χ2n) is 5.14. The molecule has 3 nitrogen and oxygen atoms in total. The molecule has 0 amide bonds. The fraction of sp³-hybridized carbons (Fsp3) is 0.389. The molecule has 0 radical (unpaired) electrons. The third-order valence-corrected chi connectivity index (χ3v) is 3.40. The van der Waals surface area contributed by atoms with Gasteiger partial charge in [0.15, 0.2) is 5.78 Å². The first kappa shape index (κ1) is 15.5. The maximum Gasteiger partial charge on any atom is 0.155 e. The van der Waals surface area contributed by atoms with Crippen LogP contribution >= 0.6 is 0 Å². The van der Waals surface area contributed by atoms with Gasteiger partial charge in [-0.05, 0) is 48.7 Å². The Balaban J connectivity index is 1.85. The van der Waals surface area contributed by atoms with Gasteiger partial charge in [-0.1, -0.05) is 31.2 Å². The van der Waals surface area contributed by atoms with Crippen LogP contribution < -0.4 is 10.1 Å². The van der Waals surface area contributed by atoms with Gasteiger partial charge >= 0.3 is 0 Å². The fourth-order valence-electron chi connectivity index (χ4n) is 2.25. The lowest BCUT2D eigenvalue weighted by molar-refractivity contribution is -0.115. The van der Waals surface area contributed by atoms with Gasteiger partial charge in [0.1, 0.15) is 12.4 Å². The van der Waals surface area contributed by atoms with Crippen LogP contribution in [0.15, 0.2) is 42.0 Å². The van der Waals surface area contributed by atoms with Crippen molar-refractivity contribution in [1.82, 2.24) is 5.32 Å². The molecule has 0 aliphatic heterocycles. The van der Waals surface area contributed by atoms with Crippen LogP contribution in [0.4, 0.5) is 0 Å². The summed E-state index contributed by atoms with van der Waals surface area (Å²) in [5.74, 6) is 1.13. The molecule has 0 bridgehead atoms. The Kier molecular flexibility index (Phi) is 6.22. The highest BCUT2D eigenvalue weighted by Gasteiger charge is 2.06. The van der Waals surface area contributed by atoms with E-state index in [9.17, 15) is 4.79 Å². The molecule has 0 saturated heterocycles. The molecule has 21 heavy (non-hydrogen) atoms. The molecule has 0 fully saturated rings. The summed E-state index contributed by atoms with van der Waals surface area (Å²) in [6.45, 7) is 4.58. The first-order valence-electron chi connectivity index (χ1n) is 7.63. The maximum absolute atomic E-state index is 11.3. The molecule has 1 aromatic rings. The first-order chi connectivity index (χ1) is 10.3. The zero-order chi connectivity index (χ0) is 14.9. The molecule has 0 heterocycles. The topological polar surface area (TPSA) is 38.3 Å². The average molecular weight is 285 g/mol. The normalized spacial score (nSPS) is 15.3. The first-order valence-corrected chi connectivity index (χ1v) is 7.63. The van der Waals surface area contributed by atoms with Crippen LogP contribution in [-0.2, 0) is 4.79 Å². The van der Waals surface area contributed by atoms with Gasteiger partial charge in [-0.3, -0.25) is 4.79 Å². The number of allylic oxidation sites excluding steroid dienone is 3. The van der Waals surface area contributed by atoms with Crippen molar-refractivity contribution in [3.8, 4) is 5.75 Å². The monoisotopic (exact) mass is 285 g/mol. The number of likely N-dealkylation sites (N-methyl/N-ethyl adjacent to an activating group) is 1. The van der Waals surface area contributed by atoms with Gasteiger partial charge in [0, 0.05) is 13.0 Å². The Morgan fingerprint density at radius 1 is 1.19 bits per heavy atom. The van der Waals surface area contributed by atoms with E-state index in [1.807, 2.05) is 36.4 Å². The van der Waals surface area contributed by atoms with E-state index in [2.05, 4.69) is 12.2 Å². The number of benzene rings is 1. The Morgan fingerprint density at radius 2 is 2.00 bits per heavy atom. The van der Waals surface area contributed by atoms with Gasteiger partial charge in [-0.15, -0.1) is 0 Å². The van der Waals surface area contributed by atoms with Gasteiger partial charge in [-0.25, -0.2) is 0 Å². The number of carbonyl (C=O) groups excluding carboxylic acids is 1. The zero-order valence-electron chi connectivity index (χ0n) is 12.6. The number of rotatable bonds is 7. The molecule has 0 unspecified atom stereocenters. The second-order valence-corrected chi connectivity index (χ2v) is 5.14. The van der Waals surface area contributed by atoms with E-state index in [4.69, 9.17) is 4.74 Å². The van der Waals surface area contributed by atoms with E-state index in [-0.39, 0.29) is 5.78 Å². The minimum atomic E-state index is 0.241. The highest BCUT2D eigenvalue weighted by Crippen LogP contribution is 2.18. The van der Waals surface area contributed by atoms with Crippen LogP contribution in [0.5, 0.6) is 5.75 Å². The third-order valence-electron chi connectivity index (χ3n) is 3.40. The number of carbonyl (C=O) groups is 1. The zero-order valence-corrected chi connectivity index (χ0v) is 12.6. The Hall–Kier alpha value is -1.87. The summed E-state index contributed by atoms with van der Waals surface area (Å²) < 4.78 is 5.63. The highest BCUT2D eigenvalue weighted by atomic mass is 16.5. The SMILES string of the molecule is CCNCCOc1ccc(C=CC2=CC(=O)CCC2)cc1. The van der Waals surface area contributed by atoms with Crippen LogP contribution in [0.25, 0.3) is 6.08 Å². The molecule has 0 atom stereocenters. The van der Waals surface area contributed by atoms with Crippen LogP contribution in [0, 0.1) is 0 Å². The average Bonchev–Trinajstić information content (AvgIpc) is 2.51. The summed E-state index contributed by atoms with van der Waals surface area (Å²) in [6.07, 6.45) is 8.50. The lowest BCUT2D eigenvalue weighted by atomic mass is 9.98. The van der Waals surface area contributed by atoms with E-state index < -0.39 is 0 Å². The van der Waals surface area contributed by atoms with Crippen molar-refractivity contribution in [2.45, 2.75) is 26.2 Å². The molecule has 1 N–H and O–H groups in total. The number of hydrogen-bond donors (Lipinski definition) is 1. The molecule has 0 spiro atoms. The van der Waals surface area contributed by atoms with Crippen molar-refractivity contribution in [1.29, 1.82) is 0 Å². The smallest absolute Gasteiger partial charge is 0.155 e. The standard InChI is InChI=1S/C18H23NO2/c1-2-19-12-13-21-18-10-8-15(9-11-18)6-7-16-4-3-5-17(20)14-16/h6-11,14,19H,2-5,12-13H2,1H3. The van der Waals surface area contributed by atoms with E-state index >= 15 is 0 Å². The van der Waals surface area contributed by atoms with Gasteiger partial charge in [0.2, 0.25) is 0 Å². The van der Waals surface area contributed by atoms with Crippen molar-refractivity contribution < 1.29 is 9.53 Å². The van der Waals surface area contributed by atoms with Crippen LogP contribution in [0.2, 0.25) is 0 Å². The quantitative estimate of drug-likeness (QED) is 0.781. The minimum absolute atomic E-state index is 0.241. The van der Waals surface area contributed by atoms with E-state index in [1.165, 1.54) is 0 Å². The van der Waals surface area contributed by atoms with Crippen molar-refractivity contribution >= 4 is 11.9 Å². The highest BCUT2D eigenvalue weighted by molar-refractivity contribution is 5.91. The van der Waals surface area contributed by atoms with Crippen molar-refractivity contribution in [3.63, 3.8) is 0 Å². The van der Waals surface area contributed by atoms with Gasteiger partial charge in [-0.2, -0.15) is 0 Å². The molecule has 2 rings (SSSR count). The van der Waals surface area contributed by atoms with E-state index in [0.29, 0.717) is 13.0 Å². The molecule has 1 aliphatic carbocycles. The molecular formula is C18H23NO2. The molecule has 1 aromatic carbocycles. The summed E-state index contributed by atoms with van der Waals surface area (Å²) in [6, 6.07) is 8.02. The van der Waals surface area contributed by atoms with Gasteiger partial charge in [0.25, 0.3) is 0 Å². The number of ether oxygens (including phenoxy) is 1. The van der Waals surface area contributed by atoms with Crippen LogP contribution in [0.1, 0.15) is 31.7 Å². The van der Waals surface area contributed by atoms with Gasteiger partial charge in [0.05, 0.1) is 0 Å².